The Morgan fingerprint density at radius 3 is 1.30 bits per heavy atom. The van der Waals surface area contributed by atoms with E-state index in [1.165, 1.54) is 0 Å². The van der Waals surface area contributed by atoms with Crippen LogP contribution in [-0.2, 0) is 31.4 Å². The first-order valence-corrected chi connectivity index (χ1v) is 21.3. The fraction of sp³-hybridized carbons (Fsp3) is 0.409. The van der Waals surface area contributed by atoms with Crippen molar-refractivity contribution in [1.29, 1.82) is 0 Å². The molecule has 0 amide bonds. The summed E-state index contributed by atoms with van der Waals surface area (Å²) in [6.45, 7) is 15.3. The van der Waals surface area contributed by atoms with Crippen LogP contribution in [0.5, 0.6) is 0 Å². The quantitative estimate of drug-likeness (QED) is 0.0504. The molecule has 0 aliphatic rings. The number of aryl methyl sites for hydroxylation is 6. The van der Waals surface area contributed by atoms with Gasteiger partial charge < -0.3 is 4.74 Å². The third-order valence-electron chi connectivity index (χ3n) is 9.61. The molecule has 4 aromatic carbocycles. The first-order valence-electron chi connectivity index (χ1n) is 18.5. The van der Waals surface area contributed by atoms with Crippen LogP contribution < -0.4 is 25.4 Å². The molecule has 0 bridgehead atoms. The molecule has 0 aromatic heterocycles. The van der Waals surface area contributed by atoms with E-state index >= 15 is 0 Å². The molecule has 0 fully saturated rings. The molecular formula is C44H54ClF8INO4S2-. The van der Waals surface area contributed by atoms with Crippen molar-refractivity contribution < 1.29 is 75.7 Å². The topological polar surface area (TPSA) is 78.6 Å². The SMILES string of the molecule is CCOC(=O)C[C@H](C)c1cc(-c2c(C)cc(C(F)(F)F)cc2C)cc(C)c1F.CCOC(=O)C[C@H](C[I-]N)c1cc(-c2c(C)cc(C(F)(F)F)cc2C)cc(C)c1F.Cl.S.S. The van der Waals surface area contributed by atoms with Gasteiger partial charge >= 0.3 is 197 Å². The number of carbonyl (C=O) groups excluding carboxylic acids is 2. The maximum Gasteiger partial charge on any atom is -0.147 e. The summed E-state index contributed by atoms with van der Waals surface area (Å²) in [5, 5.41) is 0. The number of ether oxygens (including phenoxy) is 2. The van der Waals surface area contributed by atoms with E-state index in [9.17, 15) is 44.7 Å². The predicted molar refractivity (Wildman–Crippen MR) is 233 cm³/mol. The van der Waals surface area contributed by atoms with E-state index in [4.69, 9.17) is 13.4 Å². The third-order valence-corrected chi connectivity index (χ3v) is 11.2. The van der Waals surface area contributed by atoms with Gasteiger partial charge in [0.1, 0.15) is 5.82 Å². The van der Waals surface area contributed by atoms with E-state index in [1.54, 1.807) is 86.6 Å². The minimum atomic E-state index is -4.44. The minimum absolute atomic E-state index is 0. The van der Waals surface area contributed by atoms with Gasteiger partial charge in [0.25, 0.3) is 0 Å². The van der Waals surface area contributed by atoms with Gasteiger partial charge in [0.2, 0.25) is 0 Å². The molecule has 0 saturated heterocycles. The summed E-state index contributed by atoms with van der Waals surface area (Å²) in [4.78, 5) is 23.8. The predicted octanol–water partition coefficient (Wildman–Crippen LogP) is 9.58. The Bertz CT molecular complexity index is 2090. The molecule has 0 heterocycles. The summed E-state index contributed by atoms with van der Waals surface area (Å²) in [5.41, 5.74) is 4.37. The van der Waals surface area contributed by atoms with E-state index in [2.05, 4.69) is 0 Å². The molecule has 0 radical (unpaired) electrons. The standard InChI is InChI=1S/C22H25F4INO2.C22H24F4O2.ClH.2H2S/c1-5-30-19(29)10-16(11-27-28)18-9-15(6-14(4)21(18)23)20-12(2)7-17(8-13(20)3)22(24,25)26;1-6-28-19(27)10-12(2)18-11-16(7-15(5)21(18)23)20-13(3)8-17(9-14(20)4)22(24,25)26;;;/h6-9,16H,5,10-11,28H2,1-4H3;7-9,11-12H,6,10H2,1-5H3;1H;2*1H2/q-1;;;;/t16-;12-;;;/m10.../s1. The van der Waals surface area contributed by atoms with Gasteiger partial charge in [0.05, 0.1) is 18.6 Å². The van der Waals surface area contributed by atoms with Crippen LogP contribution >= 0.6 is 39.4 Å². The van der Waals surface area contributed by atoms with Gasteiger partial charge in [-0.1, -0.05) is 6.92 Å². The molecule has 0 spiro atoms. The zero-order chi connectivity index (χ0) is 43.9. The summed E-state index contributed by atoms with van der Waals surface area (Å²) in [7, 11) is 0. The minimum Gasteiger partial charge on any atom is -0.197 e. The number of benzene rings is 4. The van der Waals surface area contributed by atoms with E-state index in [0.29, 0.717) is 71.2 Å². The number of rotatable bonds is 12. The van der Waals surface area contributed by atoms with Crippen molar-refractivity contribution in [2.75, 3.05) is 17.6 Å². The van der Waals surface area contributed by atoms with E-state index in [-0.39, 0.29) is 65.5 Å². The van der Waals surface area contributed by atoms with Gasteiger partial charge in [0.15, 0.2) is 0 Å². The number of hydrogen-bond donors (Lipinski definition) is 1. The summed E-state index contributed by atoms with van der Waals surface area (Å²) in [6.07, 6.45) is -8.83. The third kappa shape index (κ3) is 15.3. The van der Waals surface area contributed by atoms with Crippen LogP contribution in [0.4, 0.5) is 35.1 Å². The van der Waals surface area contributed by atoms with Crippen molar-refractivity contribution in [2.45, 2.75) is 99.3 Å². The smallest absolute Gasteiger partial charge is 0.147 e. The van der Waals surface area contributed by atoms with Crippen molar-refractivity contribution >= 4 is 51.3 Å². The van der Waals surface area contributed by atoms with Crippen molar-refractivity contribution in [3.05, 3.63) is 116 Å². The second-order valence-electron chi connectivity index (χ2n) is 14.3. The Morgan fingerprint density at radius 1 is 0.607 bits per heavy atom. The largest absolute Gasteiger partial charge is 0.197 e. The number of esters is 2. The maximum atomic E-state index is 15.0. The Kier molecular flexibility index (Phi) is 23.5. The number of nitrogens with two attached hydrogens (primary N) is 1. The Morgan fingerprint density at radius 2 is 0.951 bits per heavy atom. The van der Waals surface area contributed by atoms with Crippen LogP contribution in [-0.4, -0.2) is 29.6 Å². The van der Waals surface area contributed by atoms with Crippen molar-refractivity contribution in [3.8, 4) is 22.3 Å². The molecule has 4 rings (SSSR count). The normalized spacial score (nSPS) is 12.2. The maximum absolute atomic E-state index is 15.0. The Labute approximate surface area is 383 Å². The Balaban J connectivity index is 0.00000113. The van der Waals surface area contributed by atoms with Crippen LogP contribution in [0.2, 0.25) is 0 Å². The average Bonchev–Trinajstić information content (AvgIpc) is 3.10. The first kappa shape index (κ1) is 57.9. The monoisotopic (exact) mass is 1040 g/mol. The van der Waals surface area contributed by atoms with Gasteiger partial charge in [-0.2, -0.15) is 40.2 Å². The van der Waals surface area contributed by atoms with Crippen LogP contribution in [0.3, 0.4) is 0 Å². The van der Waals surface area contributed by atoms with E-state index in [1.807, 2.05) is 0 Å². The molecule has 0 unspecified atom stereocenters. The van der Waals surface area contributed by atoms with Crippen LogP contribution in [0, 0.1) is 53.2 Å². The number of hydrogen-bond acceptors (Lipinski definition) is 5. The summed E-state index contributed by atoms with van der Waals surface area (Å²) < 4.78 is 125. The Hall–Kier alpha value is -3.06. The fourth-order valence-electron chi connectivity index (χ4n) is 7.06. The summed E-state index contributed by atoms with van der Waals surface area (Å²) in [6, 6.07) is 10.9. The van der Waals surface area contributed by atoms with Gasteiger partial charge in [-0.3, -0.25) is 4.79 Å². The van der Waals surface area contributed by atoms with Gasteiger partial charge in [-0.05, 0) is 91.3 Å². The fourth-order valence-corrected chi connectivity index (χ4v) is 8.46. The van der Waals surface area contributed by atoms with Crippen molar-refractivity contribution in [1.82, 2.24) is 0 Å². The second-order valence-corrected chi connectivity index (χ2v) is 16.0. The molecule has 4 aromatic rings. The van der Waals surface area contributed by atoms with Crippen LogP contribution in [0.15, 0.2) is 48.5 Å². The van der Waals surface area contributed by atoms with E-state index in [0.717, 1.165) is 24.3 Å². The zero-order valence-electron chi connectivity index (χ0n) is 35.3. The van der Waals surface area contributed by atoms with Crippen molar-refractivity contribution in [2.24, 2.45) is 3.95 Å². The van der Waals surface area contributed by atoms with Crippen LogP contribution in [0.1, 0.15) is 101 Å². The molecule has 5 nitrogen and oxygen atoms in total. The van der Waals surface area contributed by atoms with Crippen LogP contribution in [0.25, 0.3) is 22.3 Å². The second kappa shape index (κ2) is 24.7. The molecule has 0 aliphatic carbocycles. The molecule has 2 atom stereocenters. The zero-order valence-corrected chi connectivity index (χ0v) is 40.3. The van der Waals surface area contributed by atoms with E-state index < -0.39 is 80.4 Å². The number of alkyl halides is 7. The molecule has 342 valence electrons. The molecule has 2 N–H and O–H groups in total. The first-order chi connectivity index (χ1) is 26.9. The number of carbonyl (C=O) groups is 2. The number of halogens is 10. The van der Waals surface area contributed by atoms with Gasteiger partial charge in [-0.25, -0.2) is 4.39 Å². The molecular weight excluding hydrogens is 985 g/mol. The summed E-state index contributed by atoms with van der Waals surface area (Å²) in [5.74, 6) is -2.54. The van der Waals surface area contributed by atoms with Crippen molar-refractivity contribution in [3.63, 3.8) is 0 Å². The van der Waals surface area contributed by atoms with Gasteiger partial charge in [0, 0.05) is 0 Å². The average molecular weight is 1040 g/mol. The summed E-state index contributed by atoms with van der Waals surface area (Å²) >= 11 is -0.718. The molecule has 17 heteroatoms. The van der Waals surface area contributed by atoms with Gasteiger partial charge in [-0.15, -0.1) is 12.4 Å². The molecule has 0 saturated carbocycles. The molecule has 61 heavy (non-hydrogen) atoms. The molecule has 0 aliphatic heterocycles.